The van der Waals surface area contributed by atoms with Gasteiger partial charge in [0.25, 0.3) is 0 Å². The maximum Gasteiger partial charge on any atom is 0.326 e. The van der Waals surface area contributed by atoms with Gasteiger partial charge in [0.05, 0.1) is 7.11 Å². The molecule has 0 aromatic heterocycles. The third kappa shape index (κ3) is 4.31. The van der Waals surface area contributed by atoms with Crippen molar-refractivity contribution in [3.05, 3.63) is 28.8 Å². The average Bonchev–Trinajstić information content (AvgIpc) is 2.42. The first kappa shape index (κ1) is 16.1. The van der Waals surface area contributed by atoms with E-state index >= 15 is 0 Å². The molecular weight excluding hydrogens is 284 g/mol. The Balaban J connectivity index is 2.63. The van der Waals surface area contributed by atoms with Gasteiger partial charge >= 0.3 is 12.0 Å². The number of carbonyl (C=O) groups is 2. The Bertz CT molecular complexity index is 493. The summed E-state index contributed by atoms with van der Waals surface area (Å²) in [5.41, 5.74) is 0.634. The number of nitrogens with one attached hydrogen (secondary N) is 2. The van der Waals surface area contributed by atoms with Crippen molar-refractivity contribution in [2.24, 2.45) is 0 Å². The quantitative estimate of drug-likeness (QED) is 0.750. The highest BCUT2D eigenvalue weighted by atomic mass is 35.5. The van der Waals surface area contributed by atoms with Crippen LogP contribution >= 0.6 is 11.6 Å². The van der Waals surface area contributed by atoms with Crippen molar-refractivity contribution in [2.45, 2.75) is 25.9 Å². The summed E-state index contributed by atoms with van der Waals surface area (Å²) in [7, 11) is 1.51. The smallest absolute Gasteiger partial charge is 0.326 e. The number of hydrogen-bond donors (Lipinski definition) is 3. The normalized spacial score (nSPS) is 11.6. The van der Waals surface area contributed by atoms with Gasteiger partial charge in [-0.3, -0.25) is 0 Å². The van der Waals surface area contributed by atoms with Gasteiger partial charge < -0.3 is 20.5 Å². The minimum absolute atomic E-state index is 0.144. The lowest BCUT2D eigenvalue weighted by molar-refractivity contribution is -0.139. The standard InChI is InChI=1S/C13H17ClN2O4/c1-3-10(12(17)18)16-13(19)15-7-8-9(14)5-4-6-11(8)20-2/h4-6,10H,3,7H2,1-2H3,(H,17,18)(H2,15,16,19)/t10-/m1/s1. The largest absolute Gasteiger partial charge is 0.496 e. The third-order valence-corrected chi connectivity index (χ3v) is 3.09. The van der Waals surface area contributed by atoms with Crippen LogP contribution < -0.4 is 15.4 Å². The van der Waals surface area contributed by atoms with Crippen LogP contribution in [0.1, 0.15) is 18.9 Å². The highest BCUT2D eigenvalue weighted by Gasteiger charge is 2.17. The van der Waals surface area contributed by atoms with Crippen LogP contribution in [0.15, 0.2) is 18.2 Å². The number of halogens is 1. The van der Waals surface area contributed by atoms with E-state index in [1.807, 2.05) is 0 Å². The summed E-state index contributed by atoms with van der Waals surface area (Å²) in [6.45, 7) is 1.82. The van der Waals surface area contributed by atoms with Gasteiger partial charge in [-0.05, 0) is 18.6 Å². The number of rotatable bonds is 6. The molecule has 1 atom stereocenters. The maximum atomic E-state index is 11.6. The summed E-state index contributed by atoms with van der Waals surface area (Å²) < 4.78 is 5.15. The topological polar surface area (TPSA) is 87.7 Å². The van der Waals surface area contributed by atoms with Crippen molar-refractivity contribution in [3.8, 4) is 5.75 Å². The predicted octanol–water partition coefficient (Wildman–Crippen LogP) is 2.01. The van der Waals surface area contributed by atoms with Gasteiger partial charge in [0.15, 0.2) is 0 Å². The van der Waals surface area contributed by atoms with Gasteiger partial charge in [-0.15, -0.1) is 0 Å². The van der Waals surface area contributed by atoms with Crippen molar-refractivity contribution >= 4 is 23.6 Å². The van der Waals surface area contributed by atoms with Gasteiger partial charge in [0, 0.05) is 17.1 Å². The van der Waals surface area contributed by atoms with Gasteiger partial charge in [-0.2, -0.15) is 0 Å². The van der Waals surface area contributed by atoms with E-state index in [4.69, 9.17) is 21.4 Å². The molecule has 0 fully saturated rings. The second-order valence-corrected chi connectivity index (χ2v) is 4.45. The molecule has 1 aromatic carbocycles. The summed E-state index contributed by atoms with van der Waals surface area (Å²) >= 11 is 6.03. The van der Waals surface area contributed by atoms with Crippen molar-refractivity contribution in [1.29, 1.82) is 0 Å². The Hall–Kier alpha value is -1.95. The highest BCUT2D eigenvalue weighted by molar-refractivity contribution is 6.31. The van der Waals surface area contributed by atoms with Crippen LogP contribution in [0.3, 0.4) is 0 Å². The van der Waals surface area contributed by atoms with Crippen LogP contribution in [0.5, 0.6) is 5.75 Å². The van der Waals surface area contributed by atoms with Gasteiger partial charge in [-0.1, -0.05) is 24.6 Å². The van der Waals surface area contributed by atoms with Crippen molar-refractivity contribution in [2.75, 3.05) is 7.11 Å². The molecule has 0 saturated carbocycles. The Morgan fingerprint density at radius 3 is 2.70 bits per heavy atom. The van der Waals surface area contributed by atoms with Crippen LogP contribution in [0, 0.1) is 0 Å². The number of carbonyl (C=O) groups excluding carboxylic acids is 1. The van der Waals surface area contributed by atoms with Crippen molar-refractivity contribution in [3.63, 3.8) is 0 Å². The fourth-order valence-electron chi connectivity index (χ4n) is 1.62. The minimum Gasteiger partial charge on any atom is -0.496 e. The number of methoxy groups -OCH3 is 1. The predicted molar refractivity (Wildman–Crippen MR) is 75.1 cm³/mol. The number of carboxylic acids is 1. The molecule has 0 radical (unpaired) electrons. The summed E-state index contributed by atoms with van der Waals surface area (Å²) in [5.74, 6) is -0.513. The van der Waals surface area contributed by atoms with E-state index in [1.165, 1.54) is 7.11 Å². The molecule has 6 nitrogen and oxygen atoms in total. The molecule has 1 aromatic rings. The third-order valence-electron chi connectivity index (χ3n) is 2.73. The summed E-state index contributed by atoms with van der Waals surface area (Å²) in [6.07, 6.45) is 0.304. The molecule has 0 heterocycles. The van der Waals surface area contributed by atoms with Crippen LogP contribution in [0.4, 0.5) is 4.79 Å². The number of aliphatic carboxylic acids is 1. The zero-order chi connectivity index (χ0) is 15.1. The van der Waals surface area contributed by atoms with E-state index in [2.05, 4.69) is 10.6 Å². The Morgan fingerprint density at radius 1 is 1.45 bits per heavy atom. The second-order valence-electron chi connectivity index (χ2n) is 4.05. The molecule has 0 spiro atoms. The molecule has 0 aliphatic rings. The Labute approximate surface area is 122 Å². The van der Waals surface area contributed by atoms with Crippen molar-refractivity contribution < 1.29 is 19.4 Å². The fraction of sp³-hybridized carbons (Fsp3) is 0.385. The zero-order valence-corrected chi connectivity index (χ0v) is 12.0. The average molecular weight is 301 g/mol. The van der Waals surface area contributed by atoms with E-state index in [9.17, 15) is 9.59 Å². The summed E-state index contributed by atoms with van der Waals surface area (Å²) in [5, 5.41) is 14.2. The molecule has 110 valence electrons. The summed E-state index contributed by atoms with van der Waals surface area (Å²) in [4.78, 5) is 22.4. The zero-order valence-electron chi connectivity index (χ0n) is 11.3. The molecule has 0 aliphatic heterocycles. The van der Waals surface area contributed by atoms with E-state index < -0.39 is 18.0 Å². The number of urea groups is 1. The number of hydrogen-bond acceptors (Lipinski definition) is 3. The monoisotopic (exact) mass is 300 g/mol. The van der Waals surface area contributed by atoms with E-state index in [-0.39, 0.29) is 6.54 Å². The van der Waals surface area contributed by atoms with Gasteiger partial charge in [0.2, 0.25) is 0 Å². The molecule has 0 saturated heterocycles. The lowest BCUT2D eigenvalue weighted by Crippen LogP contribution is -2.45. The highest BCUT2D eigenvalue weighted by Crippen LogP contribution is 2.25. The van der Waals surface area contributed by atoms with Gasteiger partial charge in [0.1, 0.15) is 11.8 Å². The SMILES string of the molecule is CC[C@@H](NC(=O)NCc1c(Cl)cccc1OC)C(=O)O. The molecular formula is C13H17ClN2O4. The second kappa shape index (κ2) is 7.59. The van der Waals surface area contributed by atoms with Crippen LogP contribution in [-0.2, 0) is 11.3 Å². The van der Waals surface area contributed by atoms with E-state index in [0.29, 0.717) is 22.8 Å². The number of amides is 2. The molecule has 7 heteroatoms. The molecule has 0 aliphatic carbocycles. The molecule has 3 N–H and O–H groups in total. The molecule has 1 rings (SSSR count). The number of benzene rings is 1. The van der Waals surface area contributed by atoms with Crippen LogP contribution in [0.2, 0.25) is 5.02 Å². The fourth-order valence-corrected chi connectivity index (χ4v) is 1.85. The molecule has 20 heavy (non-hydrogen) atoms. The number of ether oxygens (including phenoxy) is 1. The van der Waals surface area contributed by atoms with Crippen LogP contribution in [0.25, 0.3) is 0 Å². The van der Waals surface area contributed by atoms with Crippen LogP contribution in [-0.4, -0.2) is 30.3 Å². The lowest BCUT2D eigenvalue weighted by atomic mass is 10.2. The first-order valence-corrected chi connectivity index (χ1v) is 6.46. The maximum absolute atomic E-state index is 11.6. The minimum atomic E-state index is -1.07. The van der Waals surface area contributed by atoms with Crippen molar-refractivity contribution in [1.82, 2.24) is 10.6 Å². The first-order valence-electron chi connectivity index (χ1n) is 6.08. The summed E-state index contributed by atoms with van der Waals surface area (Å²) in [6, 6.07) is 3.67. The van der Waals surface area contributed by atoms with E-state index in [0.717, 1.165) is 0 Å². The Kier molecular flexibility index (Phi) is 6.11. The van der Waals surface area contributed by atoms with Gasteiger partial charge in [-0.25, -0.2) is 9.59 Å². The molecule has 0 bridgehead atoms. The van der Waals surface area contributed by atoms with E-state index in [1.54, 1.807) is 25.1 Å². The Morgan fingerprint density at radius 2 is 2.15 bits per heavy atom. The molecule has 0 unspecified atom stereocenters. The first-order chi connectivity index (χ1) is 9.49. The molecule has 2 amide bonds. The number of carboxylic acid groups (broad SMARTS) is 1. The lowest BCUT2D eigenvalue weighted by Gasteiger charge is -2.15.